The fraction of sp³-hybridized carbons (Fsp3) is 0.900. The number of likely N-dealkylation sites (tertiary alicyclic amines) is 1. The summed E-state index contributed by atoms with van der Waals surface area (Å²) in [4.78, 5) is 31.3. The maximum Gasteiger partial charge on any atom is 0.234 e. The topological polar surface area (TPSA) is 55.9 Å². The van der Waals surface area contributed by atoms with Crippen molar-refractivity contribution in [3.63, 3.8) is 0 Å². The average Bonchev–Trinajstić information content (AvgIpc) is 2.62. The van der Waals surface area contributed by atoms with Gasteiger partial charge in [0, 0.05) is 39.1 Å². The van der Waals surface area contributed by atoms with Crippen LogP contribution in [0.1, 0.15) is 45.4 Å². The minimum atomic E-state index is 0.167. The molecular weight excluding hydrogens is 328 g/mol. The molecule has 0 unspecified atom stereocenters. The predicted molar refractivity (Wildman–Crippen MR) is 103 cm³/mol. The van der Waals surface area contributed by atoms with Gasteiger partial charge in [-0.15, -0.1) is 0 Å². The lowest BCUT2D eigenvalue weighted by Crippen LogP contribution is -2.49. The summed E-state index contributed by atoms with van der Waals surface area (Å²) in [6, 6.07) is 0. The lowest BCUT2D eigenvalue weighted by atomic mass is 9.85. The van der Waals surface area contributed by atoms with E-state index in [1.54, 1.807) is 0 Å². The number of piperazine rings is 1. The summed E-state index contributed by atoms with van der Waals surface area (Å²) in [5.41, 5.74) is 0. The Morgan fingerprint density at radius 2 is 1.58 bits per heavy atom. The molecule has 148 valence electrons. The Kier molecular flexibility index (Phi) is 7.32. The van der Waals surface area contributed by atoms with Crippen LogP contribution in [0.5, 0.6) is 0 Å². The van der Waals surface area contributed by atoms with E-state index in [-0.39, 0.29) is 5.91 Å². The third-order valence-corrected chi connectivity index (χ3v) is 6.52. The van der Waals surface area contributed by atoms with Crippen LogP contribution in [0.3, 0.4) is 0 Å². The molecule has 0 atom stereocenters. The number of carbonyl (C=O) groups excluding carboxylic acids is 2. The molecule has 3 fully saturated rings. The van der Waals surface area contributed by atoms with Crippen molar-refractivity contribution in [3.05, 3.63) is 0 Å². The molecular formula is C20H36N4O2. The van der Waals surface area contributed by atoms with Crippen LogP contribution in [0.15, 0.2) is 0 Å². The minimum Gasteiger partial charge on any atom is -0.355 e. The lowest BCUT2D eigenvalue weighted by Gasteiger charge is -2.36. The Morgan fingerprint density at radius 3 is 2.15 bits per heavy atom. The summed E-state index contributed by atoms with van der Waals surface area (Å²) < 4.78 is 0. The largest absolute Gasteiger partial charge is 0.355 e. The van der Waals surface area contributed by atoms with E-state index in [0.29, 0.717) is 24.8 Å². The zero-order valence-electron chi connectivity index (χ0n) is 16.4. The van der Waals surface area contributed by atoms with Crippen molar-refractivity contribution in [2.75, 3.05) is 58.9 Å². The van der Waals surface area contributed by atoms with E-state index in [0.717, 1.165) is 71.1 Å². The number of nitrogens with zero attached hydrogens (tertiary/aromatic N) is 3. The fourth-order valence-corrected chi connectivity index (χ4v) is 4.25. The molecule has 26 heavy (non-hydrogen) atoms. The summed E-state index contributed by atoms with van der Waals surface area (Å²) in [5, 5.41) is 3.08. The SMILES string of the molecule is CCN1CCN(C(=O)CC2CCN(CC(=O)NCC3CCC3)CC2)CC1. The lowest BCUT2D eigenvalue weighted by molar-refractivity contribution is -0.134. The Hall–Kier alpha value is -1.14. The third kappa shape index (κ3) is 5.68. The van der Waals surface area contributed by atoms with Gasteiger partial charge in [-0.05, 0) is 57.2 Å². The molecule has 2 saturated heterocycles. The van der Waals surface area contributed by atoms with E-state index in [1.807, 2.05) is 4.90 Å². The molecule has 0 aromatic carbocycles. The van der Waals surface area contributed by atoms with E-state index in [1.165, 1.54) is 19.3 Å². The van der Waals surface area contributed by atoms with Crippen LogP contribution in [-0.4, -0.2) is 85.4 Å². The van der Waals surface area contributed by atoms with E-state index in [4.69, 9.17) is 0 Å². The van der Waals surface area contributed by atoms with Gasteiger partial charge in [-0.1, -0.05) is 13.3 Å². The second-order valence-electron chi connectivity index (χ2n) is 8.34. The molecule has 0 radical (unpaired) electrons. The Labute approximate surface area is 158 Å². The molecule has 0 bridgehead atoms. The number of carbonyl (C=O) groups is 2. The van der Waals surface area contributed by atoms with Gasteiger partial charge >= 0.3 is 0 Å². The van der Waals surface area contributed by atoms with Gasteiger partial charge in [-0.25, -0.2) is 0 Å². The van der Waals surface area contributed by atoms with Crippen molar-refractivity contribution in [3.8, 4) is 0 Å². The summed E-state index contributed by atoms with van der Waals surface area (Å²) >= 11 is 0. The molecule has 0 aromatic heterocycles. The van der Waals surface area contributed by atoms with Crippen molar-refractivity contribution < 1.29 is 9.59 Å². The first kappa shape index (κ1) is 19.6. The molecule has 1 aliphatic carbocycles. The summed E-state index contributed by atoms with van der Waals surface area (Å²) in [5.74, 6) is 1.70. The van der Waals surface area contributed by atoms with Crippen molar-refractivity contribution >= 4 is 11.8 Å². The number of nitrogens with one attached hydrogen (secondary N) is 1. The van der Waals surface area contributed by atoms with Gasteiger partial charge in [-0.2, -0.15) is 0 Å². The van der Waals surface area contributed by atoms with Crippen LogP contribution in [0.25, 0.3) is 0 Å². The first-order valence-corrected chi connectivity index (χ1v) is 10.6. The molecule has 2 aliphatic heterocycles. The number of hydrogen-bond donors (Lipinski definition) is 1. The van der Waals surface area contributed by atoms with E-state index < -0.39 is 0 Å². The monoisotopic (exact) mass is 364 g/mol. The molecule has 1 N–H and O–H groups in total. The molecule has 0 aromatic rings. The molecule has 3 aliphatic rings. The van der Waals surface area contributed by atoms with Gasteiger partial charge in [0.1, 0.15) is 0 Å². The molecule has 6 nitrogen and oxygen atoms in total. The van der Waals surface area contributed by atoms with Gasteiger partial charge in [0.05, 0.1) is 6.54 Å². The van der Waals surface area contributed by atoms with Gasteiger partial charge < -0.3 is 15.1 Å². The normalized spacial score (nSPS) is 23.7. The summed E-state index contributed by atoms with van der Waals surface area (Å²) in [6.45, 7) is 10.3. The maximum atomic E-state index is 12.5. The van der Waals surface area contributed by atoms with Crippen LogP contribution >= 0.6 is 0 Å². The molecule has 2 heterocycles. The van der Waals surface area contributed by atoms with Crippen LogP contribution in [0.2, 0.25) is 0 Å². The zero-order valence-corrected chi connectivity index (χ0v) is 16.4. The standard InChI is InChI=1S/C20H36N4O2/c1-2-22-10-12-24(13-11-22)20(26)14-17-6-8-23(9-7-17)16-19(25)21-15-18-4-3-5-18/h17-18H,2-16H2,1H3,(H,21,25). The molecule has 2 amide bonds. The maximum absolute atomic E-state index is 12.5. The fourth-order valence-electron chi connectivity index (χ4n) is 4.25. The van der Waals surface area contributed by atoms with Gasteiger partial charge in [0.25, 0.3) is 0 Å². The molecule has 3 rings (SSSR count). The first-order chi connectivity index (χ1) is 12.6. The van der Waals surface area contributed by atoms with Gasteiger partial charge in [0.2, 0.25) is 11.8 Å². The Balaban J connectivity index is 1.29. The first-order valence-electron chi connectivity index (χ1n) is 10.6. The van der Waals surface area contributed by atoms with Crippen molar-refractivity contribution in [2.45, 2.75) is 45.4 Å². The molecule has 6 heteroatoms. The molecule has 0 spiro atoms. The smallest absolute Gasteiger partial charge is 0.234 e. The van der Waals surface area contributed by atoms with Gasteiger partial charge in [0.15, 0.2) is 0 Å². The van der Waals surface area contributed by atoms with Crippen LogP contribution in [0.4, 0.5) is 0 Å². The number of hydrogen-bond acceptors (Lipinski definition) is 4. The highest BCUT2D eigenvalue weighted by Crippen LogP contribution is 2.25. The number of piperidine rings is 1. The van der Waals surface area contributed by atoms with Crippen LogP contribution in [-0.2, 0) is 9.59 Å². The number of likely N-dealkylation sites (N-methyl/N-ethyl adjacent to an activating group) is 1. The Morgan fingerprint density at radius 1 is 0.885 bits per heavy atom. The van der Waals surface area contributed by atoms with Crippen LogP contribution in [0, 0.1) is 11.8 Å². The Bertz CT molecular complexity index is 464. The second kappa shape index (κ2) is 9.70. The highest BCUT2D eigenvalue weighted by molar-refractivity contribution is 5.78. The van der Waals surface area contributed by atoms with Crippen molar-refractivity contribution in [1.82, 2.24) is 20.0 Å². The van der Waals surface area contributed by atoms with Gasteiger partial charge in [-0.3, -0.25) is 14.5 Å². The van der Waals surface area contributed by atoms with E-state index >= 15 is 0 Å². The summed E-state index contributed by atoms with van der Waals surface area (Å²) in [7, 11) is 0. The average molecular weight is 365 g/mol. The van der Waals surface area contributed by atoms with Crippen molar-refractivity contribution in [1.29, 1.82) is 0 Å². The second-order valence-corrected chi connectivity index (χ2v) is 8.34. The predicted octanol–water partition coefficient (Wildman–Crippen LogP) is 1.17. The minimum absolute atomic E-state index is 0.167. The quantitative estimate of drug-likeness (QED) is 0.737. The highest BCUT2D eigenvalue weighted by Gasteiger charge is 2.26. The van der Waals surface area contributed by atoms with E-state index in [2.05, 4.69) is 22.0 Å². The molecule has 1 saturated carbocycles. The summed E-state index contributed by atoms with van der Waals surface area (Å²) in [6.07, 6.45) is 6.63. The van der Waals surface area contributed by atoms with E-state index in [9.17, 15) is 9.59 Å². The zero-order chi connectivity index (χ0) is 18.4. The highest BCUT2D eigenvalue weighted by atomic mass is 16.2. The number of amides is 2. The van der Waals surface area contributed by atoms with Crippen LogP contribution < -0.4 is 5.32 Å². The third-order valence-electron chi connectivity index (χ3n) is 6.52. The number of rotatable bonds is 7. The van der Waals surface area contributed by atoms with Crippen molar-refractivity contribution in [2.24, 2.45) is 11.8 Å².